The number of rotatable bonds is 10. The number of carboxylic acid groups (broad SMARTS) is 1. The highest BCUT2D eigenvalue weighted by molar-refractivity contribution is 5.85. The van der Waals surface area contributed by atoms with Crippen molar-refractivity contribution in [2.75, 3.05) is 39.6 Å². The summed E-state index contributed by atoms with van der Waals surface area (Å²) in [5, 5.41) is 16.9. The second-order valence-corrected chi connectivity index (χ2v) is 2.93. The van der Waals surface area contributed by atoms with Gasteiger partial charge in [0.1, 0.15) is 6.61 Å². The fourth-order valence-corrected chi connectivity index (χ4v) is 0.728. The molecule has 6 heteroatoms. The van der Waals surface area contributed by atoms with Gasteiger partial charge in [0.05, 0.1) is 44.9 Å². The summed E-state index contributed by atoms with van der Waals surface area (Å²) in [6, 6.07) is 0. The van der Waals surface area contributed by atoms with Crippen LogP contribution in [0.1, 0.15) is 6.92 Å². The van der Waals surface area contributed by atoms with Crippen LogP contribution in [0, 0.1) is 0 Å². The van der Waals surface area contributed by atoms with Gasteiger partial charge in [-0.15, -0.1) is 0 Å². The predicted octanol–water partition coefficient (Wildman–Crippen LogP) is 0.0169. The Labute approximate surface area is 94.4 Å². The molecule has 16 heavy (non-hydrogen) atoms. The van der Waals surface area contributed by atoms with Crippen LogP contribution in [0.15, 0.2) is 11.8 Å². The number of hydrogen-bond acceptors (Lipinski definition) is 5. The number of aliphatic hydroxyl groups excluding tert-OH is 1. The van der Waals surface area contributed by atoms with E-state index in [0.29, 0.717) is 33.0 Å². The van der Waals surface area contributed by atoms with Gasteiger partial charge in [0.2, 0.25) is 0 Å². The maximum absolute atomic E-state index is 10.3. The molecule has 0 amide bonds. The SMILES string of the molecule is CC(=COCCOCCOCCO)C(=O)O. The van der Waals surface area contributed by atoms with Crippen LogP contribution >= 0.6 is 0 Å². The van der Waals surface area contributed by atoms with Gasteiger partial charge in [0, 0.05) is 0 Å². The molecule has 0 aromatic heterocycles. The number of carboxylic acids is 1. The summed E-state index contributed by atoms with van der Waals surface area (Å²) in [7, 11) is 0. The number of ether oxygens (including phenoxy) is 3. The van der Waals surface area contributed by atoms with Gasteiger partial charge in [-0.1, -0.05) is 0 Å². The van der Waals surface area contributed by atoms with Crippen LogP contribution in [-0.4, -0.2) is 55.8 Å². The average molecular weight is 234 g/mol. The summed E-state index contributed by atoms with van der Waals surface area (Å²) < 4.78 is 15.0. The third-order valence-electron chi connectivity index (χ3n) is 1.55. The van der Waals surface area contributed by atoms with Crippen LogP contribution in [0.3, 0.4) is 0 Å². The van der Waals surface area contributed by atoms with E-state index in [0.717, 1.165) is 0 Å². The Bertz CT molecular complexity index is 213. The monoisotopic (exact) mass is 234 g/mol. The molecule has 94 valence electrons. The fourth-order valence-electron chi connectivity index (χ4n) is 0.728. The Morgan fingerprint density at radius 1 is 1.12 bits per heavy atom. The van der Waals surface area contributed by atoms with Crippen molar-refractivity contribution in [1.82, 2.24) is 0 Å². The van der Waals surface area contributed by atoms with E-state index in [2.05, 4.69) is 0 Å². The minimum atomic E-state index is -1.00. The van der Waals surface area contributed by atoms with Crippen molar-refractivity contribution < 1.29 is 29.2 Å². The van der Waals surface area contributed by atoms with Gasteiger partial charge < -0.3 is 24.4 Å². The summed E-state index contributed by atoms with van der Waals surface area (Å²) >= 11 is 0. The minimum Gasteiger partial charge on any atom is -0.498 e. The predicted molar refractivity (Wildman–Crippen MR) is 56.1 cm³/mol. The topological polar surface area (TPSA) is 85.2 Å². The molecule has 0 unspecified atom stereocenters. The Balaban J connectivity index is 3.21. The molecule has 2 N–H and O–H groups in total. The standard InChI is InChI=1S/C10H18O6/c1-9(10(12)13)8-16-7-6-15-5-4-14-3-2-11/h8,11H,2-7H2,1H3,(H,12,13). The molecule has 0 saturated heterocycles. The molecule has 0 aliphatic carbocycles. The van der Waals surface area contributed by atoms with Gasteiger partial charge >= 0.3 is 5.97 Å². The Kier molecular flexibility index (Phi) is 9.69. The molecule has 0 atom stereocenters. The largest absolute Gasteiger partial charge is 0.498 e. The zero-order valence-corrected chi connectivity index (χ0v) is 9.35. The lowest BCUT2D eigenvalue weighted by atomic mass is 10.3. The third kappa shape index (κ3) is 9.45. The number of hydrogen-bond donors (Lipinski definition) is 2. The molecular weight excluding hydrogens is 216 g/mol. The molecule has 0 aliphatic heterocycles. The van der Waals surface area contributed by atoms with E-state index in [1.54, 1.807) is 0 Å². The summed E-state index contributed by atoms with van der Waals surface area (Å²) in [6.07, 6.45) is 1.19. The van der Waals surface area contributed by atoms with Crippen molar-refractivity contribution in [2.24, 2.45) is 0 Å². The maximum Gasteiger partial charge on any atom is 0.334 e. The van der Waals surface area contributed by atoms with Crippen LogP contribution in [-0.2, 0) is 19.0 Å². The van der Waals surface area contributed by atoms with Crippen molar-refractivity contribution in [2.45, 2.75) is 6.92 Å². The lowest BCUT2D eigenvalue weighted by molar-refractivity contribution is -0.132. The highest BCUT2D eigenvalue weighted by Crippen LogP contribution is 1.92. The highest BCUT2D eigenvalue weighted by Gasteiger charge is 1.98. The first-order chi connectivity index (χ1) is 7.68. The van der Waals surface area contributed by atoms with E-state index in [4.69, 9.17) is 24.4 Å². The van der Waals surface area contributed by atoms with Crippen LogP contribution in [0.5, 0.6) is 0 Å². The van der Waals surface area contributed by atoms with E-state index in [1.165, 1.54) is 13.2 Å². The lowest BCUT2D eigenvalue weighted by Gasteiger charge is -2.04. The smallest absolute Gasteiger partial charge is 0.334 e. The van der Waals surface area contributed by atoms with Crippen molar-refractivity contribution in [3.63, 3.8) is 0 Å². The molecule has 0 aliphatic rings. The molecule has 0 rings (SSSR count). The molecule has 0 radical (unpaired) electrons. The number of aliphatic carboxylic acids is 1. The fraction of sp³-hybridized carbons (Fsp3) is 0.700. The normalized spacial score (nSPS) is 11.5. The van der Waals surface area contributed by atoms with Gasteiger partial charge in [-0.3, -0.25) is 0 Å². The maximum atomic E-state index is 10.3. The summed E-state index contributed by atoms with van der Waals surface area (Å²) in [5.41, 5.74) is 0.145. The summed E-state index contributed by atoms with van der Waals surface area (Å²) in [5.74, 6) is -1.00. The Morgan fingerprint density at radius 3 is 2.25 bits per heavy atom. The summed E-state index contributed by atoms with van der Waals surface area (Å²) in [6.45, 7) is 3.26. The van der Waals surface area contributed by atoms with Crippen molar-refractivity contribution in [3.05, 3.63) is 11.8 Å². The molecule has 0 fully saturated rings. The highest BCUT2D eigenvalue weighted by atomic mass is 16.5. The molecule has 0 heterocycles. The quantitative estimate of drug-likeness (QED) is 0.315. The van der Waals surface area contributed by atoms with Gasteiger partial charge in [0.25, 0.3) is 0 Å². The van der Waals surface area contributed by atoms with Crippen LogP contribution in [0.2, 0.25) is 0 Å². The number of carbonyl (C=O) groups is 1. The molecule has 0 aromatic rings. The Morgan fingerprint density at radius 2 is 1.69 bits per heavy atom. The van der Waals surface area contributed by atoms with Gasteiger partial charge in [0.15, 0.2) is 0 Å². The van der Waals surface area contributed by atoms with Gasteiger partial charge in [-0.25, -0.2) is 4.79 Å². The van der Waals surface area contributed by atoms with E-state index in [-0.39, 0.29) is 12.2 Å². The second kappa shape index (κ2) is 10.4. The molecule has 0 saturated carbocycles. The first kappa shape index (κ1) is 14.9. The average Bonchev–Trinajstić information content (AvgIpc) is 2.26. The molecule has 0 bridgehead atoms. The Hall–Kier alpha value is -1.11. The molecule has 6 nitrogen and oxygen atoms in total. The minimum absolute atomic E-state index is 0.00235. The van der Waals surface area contributed by atoms with E-state index in [9.17, 15) is 4.79 Å². The van der Waals surface area contributed by atoms with Crippen molar-refractivity contribution in [3.8, 4) is 0 Å². The molecular formula is C10H18O6. The van der Waals surface area contributed by atoms with Crippen LogP contribution in [0.4, 0.5) is 0 Å². The zero-order chi connectivity index (χ0) is 12.2. The van der Waals surface area contributed by atoms with Crippen LogP contribution < -0.4 is 0 Å². The van der Waals surface area contributed by atoms with E-state index in [1.807, 2.05) is 0 Å². The van der Waals surface area contributed by atoms with Crippen molar-refractivity contribution >= 4 is 5.97 Å². The lowest BCUT2D eigenvalue weighted by Crippen LogP contribution is -2.10. The number of aliphatic hydroxyl groups is 1. The van der Waals surface area contributed by atoms with Crippen LogP contribution in [0.25, 0.3) is 0 Å². The second-order valence-electron chi connectivity index (χ2n) is 2.93. The molecule has 0 spiro atoms. The summed E-state index contributed by atoms with van der Waals surface area (Å²) in [4.78, 5) is 10.3. The zero-order valence-electron chi connectivity index (χ0n) is 9.35. The van der Waals surface area contributed by atoms with Crippen molar-refractivity contribution in [1.29, 1.82) is 0 Å². The molecule has 0 aromatic carbocycles. The van der Waals surface area contributed by atoms with E-state index >= 15 is 0 Å². The van der Waals surface area contributed by atoms with Gasteiger partial charge in [-0.05, 0) is 6.92 Å². The first-order valence-corrected chi connectivity index (χ1v) is 4.96. The van der Waals surface area contributed by atoms with E-state index < -0.39 is 5.97 Å². The third-order valence-corrected chi connectivity index (χ3v) is 1.55. The first-order valence-electron chi connectivity index (χ1n) is 4.96. The van der Waals surface area contributed by atoms with Gasteiger partial charge in [-0.2, -0.15) is 0 Å².